The molecule has 22 heavy (non-hydrogen) atoms. The second-order valence-electron chi connectivity index (χ2n) is 6.51. The molecule has 0 aromatic carbocycles. The van der Waals surface area contributed by atoms with Crippen LogP contribution in [0.25, 0.3) is 0 Å². The maximum atomic E-state index is 12.3. The van der Waals surface area contributed by atoms with E-state index < -0.39 is 17.7 Å². The number of nitrogens with one attached hydrogen (secondary N) is 2. The van der Waals surface area contributed by atoms with Gasteiger partial charge in [-0.2, -0.15) is 0 Å². The first kappa shape index (κ1) is 16.7. The first-order valence-corrected chi connectivity index (χ1v) is 7.88. The van der Waals surface area contributed by atoms with Crippen molar-refractivity contribution in [3.63, 3.8) is 0 Å². The molecule has 0 aliphatic carbocycles. The van der Waals surface area contributed by atoms with E-state index >= 15 is 0 Å². The Balaban J connectivity index is 1.82. The molecule has 2 aliphatic rings. The summed E-state index contributed by atoms with van der Waals surface area (Å²) in [4.78, 5) is 37.2. The van der Waals surface area contributed by atoms with Crippen molar-refractivity contribution in [2.75, 3.05) is 19.7 Å². The van der Waals surface area contributed by atoms with Gasteiger partial charge in [0, 0.05) is 19.7 Å². The Hall–Kier alpha value is -1.63. The molecule has 0 aromatic heterocycles. The highest BCUT2D eigenvalue weighted by Gasteiger charge is 2.48. The molecule has 2 rings (SSSR count). The van der Waals surface area contributed by atoms with Gasteiger partial charge in [0.25, 0.3) is 11.8 Å². The number of hydrogen-bond donors (Lipinski definition) is 2. The van der Waals surface area contributed by atoms with Gasteiger partial charge in [0.2, 0.25) is 0 Å². The van der Waals surface area contributed by atoms with Crippen LogP contribution in [0, 0.1) is 5.92 Å². The Morgan fingerprint density at radius 3 is 2.41 bits per heavy atom. The average molecular weight is 311 g/mol. The highest BCUT2D eigenvalue weighted by Crippen LogP contribution is 2.26. The van der Waals surface area contributed by atoms with E-state index in [1.54, 1.807) is 11.8 Å². The molecule has 4 amide bonds. The van der Waals surface area contributed by atoms with Crippen LogP contribution in [-0.4, -0.2) is 54.1 Å². The lowest BCUT2D eigenvalue weighted by molar-refractivity contribution is -0.145. The molecule has 2 aliphatic heterocycles. The number of hydrogen-bond acceptors (Lipinski definition) is 4. The molecule has 7 nitrogen and oxygen atoms in total. The number of amides is 4. The lowest BCUT2D eigenvalue weighted by Crippen LogP contribution is -2.56. The molecule has 0 aromatic rings. The van der Waals surface area contributed by atoms with Crippen LogP contribution in [0.1, 0.15) is 40.0 Å². The maximum Gasteiger partial charge on any atom is 0.322 e. The molecule has 0 unspecified atom stereocenters. The van der Waals surface area contributed by atoms with Crippen molar-refractivity contribution in [2.24, 2.45) is 5.92 Å². The summed E-state index contributed by atoms with van der Waals surface area (Å²) in [6.07, 6.45) is 1.33. The fraction of sp³-hybridized carbons (Fsp3) is 0.800. The normalized spacial score (nSPS) is 21.9. The number of carbonyl (C=O) groups excluding carboxylic acids is 3. The van der Waals surface area contributed by atoms with Gasteiger partial charge in [0.05, 0.1) is 0 Å². The van der Waals surface area contributed by atoms with E-state index in [-0.39, 0.29) is 11.8 Å². The summed E-state index contributed by atoms with van der Waals surface area (Å²) < 4.78 is 5.58. The van der Waals surface area contributed by atoms with E-state index in [1.807, 2.05) is 0 Å². The SMILES string of the molecule is CC(C)CCO[C@@H](C)C(=O)N1CCC2(CC1)NC(=O)NC2=O. The van der Waals surface area contributed by atoms with E-state index in [4.69, 9.17) is 4.74 Å². The molecule has 124 valence electrons. The van der Waals surface area contributed by atoms with Gasteiger partial charge in [0.1, 0.15) is 11.6 Å². The number of urea groups is 1. The van der Waals surface area contributed by atoms with Crippen LogP contribution in [0.15, 0.2) is 0 Å². The van der Waals surface area contributed by atoms with Crippen LogP contribution in [0.3, 0.4) is 0 Å². The highest BCUT2D eigenvalue weighted by atomic mass is 16.5. The Morgan fingerprint density at radius 2 is 1.91 bits per heavy atom. The summed E-state index contributed by atoms with van der Waals surface area (Å²) in [5.41, 5.74) is -0.838. The molecule has 2 N–H and O–H groups in total. The minimum atomic E-state index is -0.838. The molecule has 0 saturated carbocycles. The summed E-state index contributed by atoms with van der Waals surface area (Å²) in [7, 11) is 0. The van der Waals surface area contributed by atoms with E-state index in [2.05, 4.69) is 24.5 Å². The van der Waals surface area contributed by atoms with Crippen molar-refractivity contribution < 1.29 is 19.1 Å². The summed E-state index contributed by atoms with van der Waals surface area (Å²) in [5.74, 6) is 0.204. The fourth-order valence-electron chi connectivity index (χ4n) is 2.80. The monoisotopic (exact) mass is 311 g/mol. The van der Waals surface area contributed by atoms with Crippen LogP contribution in [0.2, 0.25) is 0 Å². The third-order valence-electron chi connectivity index (χ3n) is 4.35. The minimum absolute atomic E-state index is 0.0525. The van der Waals surface area contributed by atoms with Crippen LogP contribution < -0.4 is 10.6 Å². The first-order chi connectivity index (χ1) is 10.3. The van der Waals surface area contributed by atoms with E-state index in [1.165, 1.54) is 0 Å². The van der Waals surface area contributed by atoms with Gasteiger partial charge in [-0.25, -0.2) is 4.79 Å². The highest BCUT2D eigenvalue weighted by molar-refractivity contribution is 6.07. The number of carbonyl (C=O) groups is 3. The lowest BCUT2D eigenvalue weighted by atomic mass is 9.87. The lowest BCUT2D eigenvalue weighted by Gasteiger charge is -2.37. The van der Waals surface area contributed by atoms with Crippen LogP contribution in [0.4, 0.5) is 4.79 Å². The molecule has 7 heteroatoms. The Bertz CT molecular complexity index is 456. The zero-order chi connectivity index (χ0) is 16.3. The summed E-state index contributed by atoms with van der Waals surface area (Å²) in [6.45, 7) is 7.45. The van der Waals surface area contributed by atoms with Crippen LogP contribution in [-0.2, 0) is 14.3 Å². The van der Waals surface area contributed by atoms with Crippen molar-refractivity contribution in [3.05, 3.63) is 0 Å². The van der Waals surface area contributed by atoms with E-state index in [9.17, 15) is 14.4 Å². The van der Waals surface area contributed by atoms with Gasteiger partial charge in [-0.3, -0.25) is 14.9 Å². The number of piperidine rings is 1. The van der Waals surface area contributed by atoms with Gasteiger partial charge >= 0.3 is 6.03 Å². The Kier molecular flexibility index (Phi) is 5.05. The first-order valence-electron chi connectivity index (χ1n) is 7.88. The van der Waals surface area contributed by atoms with E-state index in [0.29, 0.717) is 38.5 Å². The van der Waals surface area contributed by atoms with Crippen molar-refractivity contribution >= 4 is 17.8 Å². The second-order valence-corrected chi connectivity index (χ2v) is 6.51. The predicted octanol–water partition coefficient (Wildman–Crippen LogP) is 0.638. The topological polar surface area (TPSA) is 87.7 Å². The van der Waals surface area contributed by atoms with Gasteiger partial charge in [0.15, 0.2) is 0 Å². The van der Waals surface area contributed by atoms with Gasteiger partial charge < -0.3 is 15.0 Å². The zero-order valence-electron chi connectivity index (χ0n) is 13.5. The second kappa shape index (κ2) is 6.64. The molecule has 2 saturated heterocycles. The summed E-state index contributed by atoms with van der Waals surface area (Å²) in [5, 5.41) is 4.95. The standard InChI is InChI=1S/C15H25N3O4/c1-10(2)4-9-22-11(3)12(19)18-7-5-15(6-8-18)13(20)16-14(21)17-15/h10-11H,4-9H2,1-3H3,(H2,16,17,20,21)/t11-/m0/s1. The van der Waals surface area contributed by atoms with Crippen LogP contribution in [0.5, 0.6) is 0 Å². The molecule has 1 atom stereocenters. The van der Waals surface area contributed by atoms with E-state index in [0.717, 1.165) is 6.42 Å². The quantitative estimate of drug-likeness (QED) is 0.729. The van der Waals surface area contributed by atoms with Crippen molar-refractivity contribution in [3.8, 4) is 0 Å². The van der Waals surface area contributed by atoms with Gasteiger partial charge in [-0.1, -0.05) is 13.8 Å². The molecule has 0 bridgehead atoms. The van der Waals surface area contributed by atoms with Crippen LogP contribution >= 0.6 is 0 Å². The minimum Gasteiger partial charge on any atom is -0.369 e. The Morgan fingerprint density at radius 1 is 1.27 bits per heavy atom. The summed E-state index contributed by atoms with van der Waals surface area (Å²) >= 11 is 0. The fourth-order valence-corrected chi connectivity index (χ4v) is 2.80. The number of imide groups is 1. The average Bonchev–Trinajstić information content (AvgIpc) is 2.72. The number of likely N-dealkylation sites (tertiary alicyclic amines) is 1. The molecule has 1 spiro atoms. The smallest absolute Gasteiger partial charge is 0.322 e. The van der Waals surface area contributed by atoms with Crippen molar-refractivity contribution in [1.82, 2.24) is 15.5 Å². The number of ether oxygens (including phenoxy) is 1. The third-order valence-corrected chi connectivity index (χ3v) is 4.35. The zero-order valence-corrected chi connectivity index (χ0v) is 13.5. The maximum absolute atomic E-state index is 12.3. The third kappa shape index (κ3) is 3.58. The van der Waals surface area contributed by atoms with Crippen molar-refractivity contribution in [1.29, 1.82) is 0 Å². The summed E-state index contributed by atoms with van der Waals surface area (Å²) in [6, 6.07) is -0.449. The molecular weight excluding hydrogens is 286 g/mol. The van der Waals surface area contributed by atoms with Gasteiger partial charge in [-0.05, 0) is 32.1 Å². The predicted molar refractivity (Wildman–Crippen MR) is 80.1 cm³/mol. The molecule has 2 fully saturated rings. The largest absolute Gasteiger partial charge is 0.369 e. The number of nitrogens with zero attached hydrogens (tertiary/aromatic N) is 1. The van der Waals surface area contributed by atoms with Crippen molar-refractivity contribution in [2.45, 2.75) is 51.7 Å². The Labute approximate surface area is 130 Å². The molecular formula is C15H25N3O4. The number of rotatable bonds is 5. The molecule has 2 heterocycles. The van der Waals surface area contributed by atoms with Gasteiger partial charge in [-0.15, -0.1) is 0 Å². The molecule has 0 radical (unpaired) electrons.